The number of carboxylic acid groups (broad SMARTS) is 1. The molecule has 0 radical (unpaired) electrons. The molecule has 0 saturated carbocycles. The molecule has 0 bridgehead atoms. The lowest BCUT2D eigenvalue weighted by Gasteiger charge is -2.12. The second-order valence-electron chi connectivity index (χ2n) is 6.98. The first-order chi connectivity index (χ1) is 14.8. The highest BCUT2D eigenvalue weighted by Crippen LogP contribution is 2.26. The molecule has 0 aliphatic rings. The van der Waals surface area contributed by atoms with Gasteiger partial charge in [0.2, 0.25) is 11.0 Å². The Kier molecular flexibility index (Phi) is 5.61. The van der Waals surface area contributed by atoms with Crippen LogP contribution in [0.25, 0.3) is 21.6 Å². The molecule has 0 spiro atoms. The van der Waals surface area contributed by atoms with E-state index >= 15 is 0 Å². The quantitative estimate of drug-likeness (QED) is 0.456. The van der Waals surface area contributed by atoms with Gasteiger partial charge in [-0.1, -0.05) is 55.5 Å². The van der Waals surface area contributed by atoms with E-state index in [0.717, 1.165) is 16.3 Å². The summed E-state index contributed by atoms with van der Waals surface area (Å²) in [7, 11) is 0. The van der Waals surface area contributed by atoms with Gasteiger partial charge in [0.1, 0.15) is 22.2 Å². The number of nitrogens with one attached hydrogen (secondary N) is 1. The lowest BCUT2D eigenvalue weighted by atomic mass is 10.2. The molecule has 4 rings (SSSR count). The summed E-state index contributed by atoms with van der Waals surface area (Å²) in [5.41, 5.74) is -0.0765. The number of hydrogen-bond donors (Lipinski definition) is 2. The summed E-state index contributed by atoms with van der Waals surface area (Å²) in [6.45, 7) is 3.59. The van der Waals surface area contributed by atoms with Crippen LogP contribution in [0.2, 0.25) is 0 Å². The summed E-state index contributed by atoms with van der Waals surface area (Å²) in [6, 6.07) is 8.96. The molecule has 11 heteroatoms. The van der Waals surface area contributed by atoms with Crippen molar-refractivity contribution in [1.82, 2.24) is 19.7 Å². The van der Waals surface area contributed by atoms with E-state index in [1.807, 2.05) is 19.9 Å². The molecule has 2 N–H and O–H groups in total. The molecular weight excluding hydrogens is 438 g/mol. The number of carbonyl (C=O) groups excluding carboxylic acids is 1. The van der Waals surface area contributed by atoms with Crippen molar-refractivity contribution >= 4 is 49.9 Å². The van der Waals surface area contributed by atoms with E-state index in [-0.39, 0.29) is 29.2 Å². The molecule has 1 amide bonds. The maximum absolute atomic E-state index is 13.3. The van der Waals surface area contributed by atoms with Crippen LogP contribution in [0.1, 0.15) is 35.1 Å². The number of aromatic nitrogens is 4. The lowest BCUT2D eigenvalue weighted by Crippen LogP contribution is -2.30. The van der Waals surface area contributed by atoms with Crippen LogP contribution in [0.4, 0.5) is 5.13 Å². The first-order valence-electron chi connectivity index (χ1n) is 9.29. The molecule has 31 heavy (non-hydrogen) atoms. The molecule has 0 atom stereocenters. The molecule has 0 unspecified atom stereocenters. The third kappa shape index (κ3) is 4.09. The molecule has 0 saturated heterocycles. The van der Waals surface area contributed by atoms with Gasteiger partial charge in [0.15, 0.2) is 0 Å². The van der Waals surface area contributed by atoms with Gasteiger partial charge in [-0.15, -0.1) is 21.5 Å². The van der Waals surface area contributed by atoms with Crippen LogP contribution >= 0.6 is 22.7 Å². The second-order valence-corrected chi connectivity index (χ2v) is 8.84. The maximum atomic E-state index is 13.3. The Bertz CT molecular complexity index is 1340. The predicted molar refractivity (Wildman–Crippen MR) is 119 cm³/mol. The summed E-state index contributed by atoms with van der Waals surface area (Å²) < 4.78 is 1.19. The molecule has 4 aromatic rings. The number of anilines is 1. The summed E-state index contributed by atoms with van der Waals surface area (Å²) in [5.74, 6) is -1.25. The molecule has 158 valence electrons. The number of benzene rings is 1. The number of aromatic carboxylic acids is 1. The third-order valence-corrected chi connectivity index (χ3v) is 6.45. The Morgan fingerprint density at radius 1 is 1.19 bits per heavy atom. The second kappa shape index (κ2) is 8.36. The van der Waals surface area contributed by atoms with Gasteiger partial charge in [0.25, 0.3) is 5.56 Å². The molecule has 0 aliphatic carbocycles. The maximum Gasteiger partial charge on any atom is 0.337 e. The minimum absolute atomic E-state index is 0.0111. The molecular formula is C20H17N5O4S2. The van der Waals surface area contributed by atoms with Crippen molar-refractivity contribution < 1.29 is 14.7 Å². The van der Waals surface area contributed by atoms with E-state index in [1.165, 1.54) is 21.3 Å². The van der Waals surface area contributed by atoms with Crippen LogP contribution in [0.3, 0.4) is 0 Å². The van der Waals surface area contributed by atoms with Gasteiger partial charge >= 0.3 is 5.97 Å². The topological polar surface area (TPSA) is 127 Å². The summed E-state index contributed by atoms with van der Waals surface area (Å²) in [6.07, 6.45) is 0. The van der Waals surface area contributed by atoms with Crippen LogP contribution in [0.15, 0.2) is 40.5 Å². The van der Waals surface area contributed by atoms with Gasteiger partial charge in [-0.05, 0) is 0 Å². The third-order valence-electron chi connectivity index (χ3n) is 4.44. The van der Waals surface area contributed by atoms with Gasteiger partial charge in [0, 0.05) is 16.9 Å². The number of thiophene rings is 1. The van der Waals surface area contributed by atoms with Gasteiger partial charge in [-0.3, -0.25) is 19.5 Å². The monoisotopic (exact) mass is 455 g/mol. The number of fused-ring (bicyclic) bond motifs is 1. The molecule has 0 aliphatic heterocycles. The average molecular weight is 456 g/mol. The van der Waals surface area contributed by atoms with Crippen LogP contribution in [0.5, 0.6) is 0 Å². The zero-order valence-corrected chi connectivity index (χ0v) is 18.2. The highest BCUT2D eigenvalue weighted by Gasteiger charge is 2.22. The van der Waals surface area contributed by atoms with Gasteiger partial charge in [0.05, 0.1) is 10.9 Å². The van der Waals surface area contributed by atoms with Crippen molar-refractivity contribution in [3.63, 3.8) is 0 Å². The molecule has 3 aromatic heterocycles. The Balaban J connectivity index is 1.77. The zero-order chi connectivity index (χ0) is 22.1. The molecule has 1 aromatic carbocycles. The van der Waals surface area contributed by atoms with Gasteiger partial charge < -0.3 is 5.11 Å². The zero-order valence-electron chi connectivity index (χ0n) is 16.5. The summed E-state index contributed by atoms with van der Waals surface area (Å²) in [5, 5.41) is 22.6. The minimum Gasteiger partial charge on any atom is -0.478 e. The normalized spacial score (nSPS) is 11.2. The molecule has 3 heterocycles. The smallest absolute Gasteiger partial charge is 0.337 e. The van der Waals surface area contributed by atoms with Gasteiger partial charge in [-0.2, -0.15) is 0 Å². The Morgan fingerprint density at radius 2 is 1.94 bits per heavy atom. The number of carbonyl (C=O) groups is 2. The van der Waals surface area contributed by atoms with Crippen LogP contribution in [-0.4, -0.2) is 36.7 Å². The van der Waals surface area contributed by atoms with E-state index in [0.29, 0.717) is 15.5 Å². The Hall–Kier alpha value is -3.44. The SMILES string of the molecule is CC(C)c1nnc(NC(=O)Cn2c(-c3ccccc3)nc3scc(C(=O)O)c3c2=O)s1. The number of carboxylic acids is 1. The van der Waals surface area contributed by atoms with Crippen molar-refractivity contribution in [3.8, 4) is 11.4 Å². The fraction of sp³-hybridized carbons (Fsp3) is 0.200. The van der Waals surface area contributed by atoms with Crippen LogP contribution < -0.4 is 10.9 Å². The average Bonchev–Trinajstić information content (AvgIpc) is 3.38. The Morgan fingerprint density at radius 3 is 2.58 bits per heavy atom. The van der Waals surface area contributed by atoms with Crippen molar-refractivity contribution in [2.24, 2.45) is 0 Å². The van der Waals surface area contributed by atoms with E-state index in [9.17, 15) is 19.5 Å². The van der Waals surface area contributed by atoms with Crippen molar-refractivity contribution in [1.29, 1.82) is 0 Å². The Labute approximate surface area is 184 Å². The number of amides is 1. The molecule has 0 fully saturated rings. The van der Waals surface area contributed by atoms with Crippen molar-refractivity contribution in [3.05, 3.63) is 56.6 Å². The fourth-order valence-corrected chi connectivity index (χ4v) is 4.62. The van der Waals surface area contributed by atoms with Gasteiger partial charge in [-0.25, -0.2) is 9.78 Å². The number of nitrogens with zero attached hydrogens (tertiary/aromatic N) is 4. The largest absolute Gasteiger partial charge is 0.478 e. The summed E-state index contributed by atoms with van der Waals surface area (Å²) in [4.78, 5) is 42.3. The highest BCUT2D eigenvalue weighted by molar-refractivity contribution is 7.17. The number of hydrogen-bond acceptors (Lipinski definition) is 8. The first kappa shape index (κ1) is 20.8. The van der Waals surface area contributed by atoms with Crippen LogP contribution in [0, 0.1) is 0 Å². The standard InChI is InChI=1S/C20H17N5O4S2/c1-10(2)16-23-24-20(31-16)21-13(26)8-25-15(11-6-4-3-5-7-11)22-17-14(18(25)27)12(9-30-17)19(28)29/h3-7,9-10H,8H2,1-2H3,(H,28,29)(H,21,24,26). The van der Waals surface area contributed by atoms with E-state index < -0.39 is 17.4 Å². The van der Waals surface area contributed by atoms with E-state index in [4.69, 9.17) is 0 Å². The number of rotatable bonds is 6. The highest BCUT2D eigenvalue weighted by atomic mass is 32.1. The summed E-state index contributed by atoms with van der Waals surface area (Å²) >= 11 is 2.34. The van der Waals surface area contributed by atoms with Crippen molar-refractivity contribution in [2.75, 3.05) is 5.32 Å². The predicted octanol–water partition coefficient (Wildman–Crippen LogP) is 3.44. The first-order valence-corrected chi connectivity index (χ1v) is 11.0. The lowest BCUT2D eigenvalue weighted by molar-refractivity contribution is -0.116. The minimum atomic E-state index is -1.22. The van der Waals surface area contributed by atoms with E-state index in [1.54, 1.807) is 24.3 Å². The van der Waals surface area contributed by atoms with Crippen molar-refractivity contribution in [2.45, 2.75) is 26.3 Å². The van der Waals surface area contributed by atoms with E-state index in [2.05, 4.69) is 20.5 Å². The van der Waals surface area contributed by atoms with Crippen LogP contribution in [-0.2, 0) is 11.3 Å². The molecule has 9 nitrogen and oxygen atoms in total. The fourth-order valence-electron chi connectivity index (χ4n) is 2.96.